The largest absolute Gasteiger partial charge is 0.326 e. The molecule has 1 saturated carbocycles. The number of rotatable bonds is 7. The number of hydrogen-bond donors (Lipinski definition) is 1. The summed E-state index contributed by atoms with van der Waals surface area (Å²) in [5, 5.41) is 8.90. The van der Waals surface area contributed by atoms with Gasteiger partial charge in [0.05, 0.1) is 12.1 Å². The first-order valence-corrected chi connectivity index (χ1v) is 7.62. The van der Waals surface area contributed by atoms with Gasteiger partial charge >= 0.3 is 0 Å². The fourth-order valence-electron chi connectivity index (χ4n) is 2.90. The number of aryl methyl sites for hydroxylation is 1. The zero-order valence-corrected chi connectivity index (χ0v) is 12.5. The van der Waals surface area contributed by atoms with Gasteiger partial charge in [0, 0.05) is 25.0 Å². The molecule has 3 nitrogen and oxygen atoms in total. The number of nitrogens with two attached hydrogens (primary N) is 1. The van der Waals surface area contributed by atoms with E-state index >= 15 is 0 Å². The molecule has 2 rings (SSSR count). The molecule has 0 heterocycles. The Hall–Kier alpha value is -1.37. The quantitative estimate of drug-likeness (QED) is 0.829. The Balaban J connectivity index is 2.27. The van der Waals surface area contributed by atoms with Crippen molar-refractivity contribution in [3.8, 4) is 6.07 Å². The SMILES string of the molecule is CCC(N)C(c1cccc(C)c1)N(CCC#N)C1CC1. The van der Waals surface area contributed by atoms with Crippen molar-refractivity contribution < 1.29 is 0 Å². The van der Waals surface area contributed by atoms with E-state index in [2.05, 4.69) is 49.1 Å². The molecule has 2 unspecified atom stereocenters. The van der Waals surface area contributed by atoms with Crippen LogP contribution in [-0.4, -0.2) is 23.5 Å². The standard InChI is InChI=1S/C17H25N3/c1-3-16(19)17(14-7-4-6-13(2)12-14)20(11-5-10-18)15-8-9-15/h4,6-7,12,15-17H,3,5,8-9,11,19H2,1-2H3. The van der Waals surface area contributed by atoms with Crippen molar-refractivity contribution in [2.24, 2.45) is 5.73 Å². The minimum absolute atomic E-state index is 0.121. The molecule has 1 aromatic rings. The molecule has 0 bridgehead atoms. The van der Waals surface area contributed by atoms with Crippen LogP contribution in [0.15, 0.2) is 24.3 Å². The van der Waals surface area contributed by atoms with Gasteiger partial charge in [0.1, 0.15) is 0 Å². The average molecular weight is 271 g/mol. The molecule has 0 aliphatic heterocycles. The van der Waals surface area contributed by atoms with Gasteiger partial charge in [-0.3, -0.25) is 4.90 Å². The van der Waals surface area contributed by atoms with Crippen LogP contribution < -0.4 is 5.73 Å². The lowest BCUT2D eigenvalue weighted by Gasteiger charge is -2.35. The summed E-state index contributed by atoms with van der Waals surface area (Å²) in [5.41, 5.74) is 8.98. The maximum Gasteiger partial charge on any atom is 0.0635 e. The Kier molecular flexibility index (Phi) is 5.17. The Morgan fingerprint density at radius 3 is 2.75 bits per heavy atom. The predicted molar refractivity (Wildman–Crippen MR) is 82.1 cm³/mol. The summed E-state index contributed by atoms with van der Waals surface area (Å²) < 4.78 is 0. The van der Waals surface area contributed by atoms with E-state index in [-0.39, 0.29) is 12.1 Å². The minimum Gasteiger partial charge on any atom is -0.326 e. The Labute approximate surface area is 122 Å². The van der Waals surface area contributed by atoms with Gasteiger partial charge in [-0.05, 0) is 31.7 Å². The van der Waals surface area contributed by atoms with Gasteiger partial charge in [0.25, 0.3) is 0 Å². The molecule has 108 valence electrons. The van der Waals surface area contributed by atoms with Crippen LogP contribution in [0.1, 0.15) is 49.8 Å². The Morgan fingerprint density at radius 1 is 1.45 bits per heavy atom. The fraction of sp³-hybridized carbons (Fsp3) is 0.588. The van der Waals surface area contributed by atoms with Crippen LogP contribution in [0.2, 0.25) is 0 Å². The van der Waals surface area contributed by atoms with Crippen LogP contribution in [-0.2, 0) is 0 Å². The van der Waals surface area contributed by atoms with Crippen molar-refractivity contribution in [1.82, 2.24) is 4.90 Å². The molecule has 0 saturated heterocycles. The van der Waals surface area contributed by atoms with E-state index < -0.39 is 0 Å². The van der Waals surface area contributed by atoms with Gasteiger partial charge in [0.2, 0.25) is 0 Å². The van der Waals surface area contributed by atoms with Gasteiger partial charge in [-0.15, -0.1) is 0 Å². The predicted octanol–water partition coefficient (Wildman–Crippen LogP) is 3.15. The molecule has 1 aromatic carbocycles. The second-order valence-electron chi connectivity index (χ2n) is 5.81. The van der Waals surface area contributed by atoms with Crippen molar-refractivity contribution in [1.29, 1.82) is 5.26 Å². The molecule has 3 heteroatoms. The summed E-state index contributed by atoms with van der Waals surface area (Å²) >= 11 is 0. The fourth-order valence-corrected chi connectivity index (χ4v) is 2.90. The van der Waals surface area contributed by atoms with Crippen LogP contribution in [0.3, 0.4) is 0 Å². The maximum absolute atomic E-state index is 8.90. The smallest absolute Gasteiger partial charge is 0.0635 e. The van der Waals surface area contributed by atoms with Gasteiger partial charge in [-0.2, -0.15) is 5.26 Å². The second kappa shape index (κ2) is 6.88. The molecule has 2 N–H and O–H groups in total. The molecular weight excluding hydrogens is 246 g/mol. The van der Waals surface area contributed by atoms with Crippen molar-refractivity contribution >= 4 is 0 Å². The minimum atomic E-state index is 0.121. The van der Waals surface area contributed by atoms with E-state index in [9.17, 15) is 0 Å². The maximum atomic E-state index is 8.90. The third-order valence-corrected chi connectivity index (χ3v) is 4.12. The first-order valence-electron chi connectivity index (χ1n) is 7.62. The highest BCUT2D eigenvalue weighted by atomic mass is 15.2. The highest BCUT2D eigenvalue weighted by Crippen LogP contribution is 2.36. The summed E-state index contributed by atoms with van der Waals surface area (Å²) in [6.45, 7) is 5.09. The first kappa shape index (κ1) is 15.0. The van der Waals surface area contributed by atoms with Crippen LogP contribution in [0.5, 0.6) is 0 Å². The van der Waals surface area contributed by atoms with Crippen LogP contribution in [0.25, 0.3) is 0 Å². The molecule has 0 radical (unpaired) electrons. The summed E-state index contributed by atoms with van der Waals surface area (Å²) in [6.07, 6.45) is 4.01. The van der Waals surface area contributed by atoms with Crippen LogP contribution in [0.4, 0.5) is 0 Å². The number of benzene rings is 1. The molecule has 20 heavy (non-hydrogen) atoms. The number of nitriles is 1. The summed E-state index contributed by atoms with van der Waals surface area (Å²) in [5.74, 6) is 0. The number of nitrogens with zero attached hydrogens (tertiary/aromatic N) is 2. The Bertz CT molecular complexity index is 473. The van der Waals surface area contributed by atoms with Gasteiger partial charge in [-0.25, -0.2) is 0 Å². The molecule has 1 fully saturated rings. The van der Waals surface area contributed by atoms with Crippen molar-refractivity contribution in [3.63, 3.8) is 0 Å². The first-order chi connectivity index (χ1) is 9.67. The van der Waals surface area contributed by atoms with Crippen LogP contribution >= 0.6 is 0 Å². The summed E-state index contributed by atoms with van der Waals surface area (Å²) in [7, 11) is 0. The van der Waals surface area contributed by atoms with Crippen molar-refractivity contribution in [3.05, 3.63) is 35.4 Å². The van der Waals surface area contributed by atoms with E-state index in [1.807, 2.05) is 0 Å². The highest BCUT2D eigenvalue weighted by molar-refractivity contribution is 5.27. The summed E-state index contributed by atoms with van der Waals surface area (Å²) in [4.78, 5) is 2.46. The topological polar surface area (TPSA) is 53.0 Å². The second-order valence-corrected chi connectivity index (χ2v) is 5.81. The van der Waals surface area contributed by atoms with E-state index in [1.165, 1.54) is 24.0 Å². The molecule has 0 amide bonds. The molecule has 0 spiro atoms. The lowest BCUT2D eigenvalue weighted by atomic mass is 9.94. The lowest BCUT2D eigenvalue weighted by Crippen LogP contribution is -2.42. The zero-order chi connectivity index (χ0) is 14.5. The van der Waals surface area contributed by atoms with Crippen molar-refractivity contribution in [2.45, 2.75) is 57.7 Å². The lowest BCUT2D eigenvalue weighted by molar-refractivity contribution is 0.163. The van der Waals surface area contributed by atoms with E-state index in [0.29, 0.717) is 12.5 Å². The van der Waals surface area contributed by atoms with Gasteiger partial charge in [-0.1, -0.05) is 36.8 Å². The monoisotopic (exact) mass is 271 g/mol. The molecule has 1 aliphatic carbocycles. The highest BCUT2D eigenvalue weighted by Gasteiger charge is 2.36. The third kappa shape index (κ3) is 3.59. The molecule has 2 atom stereocenters. The average Bonchev–Trinajstić information content (AvgIpc) is 3.27. The van der Waals surface area contributed by atoms with E-state index in [4.69, 9.17) is 11.0 Å². The van der Waals surface area contributed by atoms with Gasteiger partial charge in [0.15, 0.2) is 0 Å². The number of hydrogen-bond acceptors (Lipinski definition) is 3. The normalized spacial score (nSPS) is 17.8. The summed E-state index contributed by atoms with van der Waals surface area (Å²) in [6, 6.07) is 11.9. The van der Waals surface area contributed by atoms with Crippen LogP contribution in [0, 0.1) is 18.3 Å². The van der Waals surface area contributed by atoms with E-state index in [0.717, 1.165) is 13.0 Å². The third-order valence-electron chi connectivity index (χ3n) is 4.12. The molecule has 1 aliphatic rings. The van der Waals surface area contributed by atoms with Crippen molar-refractivity contribution in [2.75, 3.05) is 6.54 Å². The van der Waals surface area contributed by atoms with Gasteiger partial charge < -0.3 is 5.73 Å². The Morgan fingerprint density at radius 2 is 2.20 bits per heavy atom. The molecular formula is C17H25N3. The zero-order valence-electron chi connectivity index (χ0n) is 12.5. The van der Waals surface area contributed by atoms with E-state index in [1.54, 1.807) is 0 Å². The molecule has 0 aromatic heterocycles.